The summed E-state index contributed by atoms with van der Waals surface area (Å²) in [6.07, 6.45) is 4.74. The van der Waals surface area contributed by atoms with Gasteiger partial charge >= 0.3 is 0 Å². The Kier molecular flexibility index (Phi) is 4.79. The van der Waals surface area contributed by atoms with Crippen LogP contribution in [0.2, 0.25) is 0 Å². The Morgan fingerprint density at radius 1 is 1.35 bits per heavy atom. The number of rotatable bonds is 7. The zero-order valence-electron chi connectivity index (χ0n) is 12.7. The summed E-state index contributed by atoms with van der Waals surface area (Å²) in [7, 11) is 1.90. The van der Waals surface area contributed by atoms with Crippen molar-refractivity contribution in [2.75, 3.05) is 6.54 Å². The average molecular weight is 277 g/mol. The lowest BCUT2D eigenvalue weighted by Gasteiger charge is -2.07. The van der Waals surface area contributed by atoms with Gasteiger partial charge in [-0.15, -0.1) is 0 Å². The van der Waals surface area contributed by atoms with Crippen molar-refractivity contribution >= 4 is 0 Å². The highest BCUT2D eigenvalue weighted by Gasteiger charge is 2.15. The molecule has 0 aromatic carbocycles. The van der Waals surface area contributed by atoms with E-state index >= 15 is 0 Å². The number of nitrogens with one attached hydrogen (secondary N) is 1. The van der Waals surface area contributed by atoms with Crippen molar-refractivity contribution in [2.45, 2.75) is 40.3 Å². The van der Waals surface area contributed by atoms with Crippen LogP contribution in [0.5, 0.6) is 11.6 Å². The third-order valence-electron chi connectivity index (χ3n) is 3.17. The molecule has 0 amide bonds. The lowest BCUT2D eigenvalue weighted by molar-refractivity contribution is 0.423. The van der Waals surface area contributed by atoms with Crippen LogP contribution >= 0.6 is 0 Å². The van der Waals surface area contributed by atoms with Crippen LogP contribution in [0.4, 0.5) is 0 Å². The second-order valence-corrected chi connectivity index (χ2v) is 4.80. The van der Waals surface area contributed by atoms with E-state index in [0.717, 1.165) is 48.9 Å². The largest absolute Gasteiger partial charge is 0.436 e. The number of nitrogens with zero attached hydrogens (tertiary/aromatic N) is 4. The first-order chi connectivity index (χ1) is 9.65. The van der Waals surface area contributed by atoms with Gasteiger partial charge in [-0.1, -0.05) is 6.92 Å². The Labute approximate surface area is 119 Å². The van der Waals surface area contributed by atoms with Crippen molar-refractivity contribution < 1.29 is 4.74 Å². The molecule has 2 aromatic rings. The van der Waals surface area contributed by atoms with Crippen molar-refractivity contribution in [3.8, 4) is 11.6 Å². The standard InChI is InChI=1S/C14H23N5O/c1-5-7-15-9-13-11(3)17-18(4)14(13)20-12-8-16-19(6-2)10-12/h8,10,15H,5-7,9H2,1-4H3. The molecule has 0 fully saturated rings. The normalized spacial score (nSPS) is 11.0. The maximum absolute atomic E-state index is 5.95. The Morgan fingerprint density at radius 2 is 2.15 bits per heavy atom. The second-order valence-electron chi connectivity index (χ2n) is 4.80. The molecule has 2 aromatic heterocycles. The minimum absolute atomic E-state index is 0.742. The van der Waals surface area contributed by atoms with Crippen molar-refractivity contribution in [2.24, 2.45) is 7.05 Å². The average Bonchev–Trinajstić information content (AvgIpc) is 2.98. The predicted octanol–water partition coefficient (Wildman–Crippen LogP) is 2.24. The number of ether oxygens (including phenoxy) is 1. The highest BCUT2D eigenvalue weighted by atomic mass is 16.5. The molecule has 2 heterocycles. The van der Waals surface area contributed by atoms with Crippen LogP contribution in [-0.4, -0.2) is 26.1 Å². The zero-order valence-corrected chi connectivity index (χ0v) is 12.7. The van der Waals surface area contributed by atoms with Gasteiger partial charge in [0.25, 0.3) is 0 Å². The number of hydrogen-bond donors (Lipinski definition) is 1. The van der Waals surface area contributed by atoms with Crippen LogP contribution in [0, 0.1) is 6.92 Å². The number of hydrogen-bond acceptors (Lipinski definition) is 4. The molecule has 0 bridgehead atoms. The SMILES string of the molecule is CCCNCc1c(C)nn(C)c1Oc1cnn(CC)c1. The van der Waals surface area contributed by atoms with Gasteiger partial charge < -0.3 is 10.1 Å². The first-order valence-corrected chi connectivity index (χ1v) is 7.09. The van der Waals surface area contributed by atoms with E-state index in [2.05, 4.69) is 22.4 Å². The summed E-state index contributed by atoms with van der Waals surface area (Å²) < 4.78 is 9.57. The summed E-state index contributed by atoms with van der Waals surface area (Å²) in [4.78, 5) is 0. The summed E-state index contributed by atoms with van der Waals surface area (Å²) in [6.45, 7) is 8.79. The monoisotopic (exact) mass is 277 g/mol. The first-order valence-electron chi connectivity index (χ1n) is 7.09. The predicted molar refractivity (Wildman–Crippen MR) is 77.9 cm³/mol. The van der Waals surface area contributed by atoms with Crippen LogP contribution < -0.4 is 10.1 Å². The maximum Gasteiger partial charge on any atom is 0.222 e. The van der Waals surface area contributed by atoms with E-state index < -0.39 is 0 Å². The van der Waals surface area contributed by atoms with Gasteiger partial charge in [0.05, 0.1) is 23.7 Å². The molecule has 0 saturated heterocycles. The molecule has 6 heteroatoms. The van der Waals surface area contributed by atoms with E-state index in [1.807, 2.05) is 31.8 Å². The molecule has 0 unspecified atom stereocenters. The number of aromatic nitrogens is 4. The van der Waals surface area contributed by atoms with Gasteiger partial charge in [0.2, 0.25) is 5.88 Å². The van der Waals surface area contributed by atoms with Gasteiger partial charge in [0.15, 0.2) is 5.75 Å². The molecule has 0 aliphatic rings. The topological polar surface area (TPSA) is 56.9 Å². The van der Waals surface area contributed by atoms with Crippen molar-refractivity contribution in [3.05, 3.63) is 23.7 Å². The summed E-state index contributed by atoms with van der Waals surface area (Å²) in [5.41, 5.74) is 2.10. The molecular weight excluding hydrogens is 254 g/mol. The minimum Gasteiger partial charge on any atom is -0.436 e. The summed E-state index contributed by atoms with van der Waals surface area (Å²) in [5, 5.41) is 12.1. The van der Waals surface area contributed by atoms with Crippen LogP contribution in [-0.2, 0) is 20.1 Å². The zero-order chi connectivity index (χ0) is 14.5. The highest BCUT2D eigenvalue weighted by Crippen LogP contribution is 2.26. The molecule has 0 aliphatic carbocycles. The van der Waals surface area contributed by atoms with Crippen molar-refractivity contribution in [3.63, 3.8) is 0 Å². The van der Waals surface area contributed by atoms with Crippen LogP contribution in [0.25, 0.3) is 0 Å². The second kappa shape index (κ2) is 6.56. The van der Waals surface area contributed by atoms with Gasteiger partial charge in [-0.3, -0.25) is 4.68 Å². The fraction of sp³-hybridized carbons (Fsp3) is 0.571. The molecule has 1 N–H and O–H groups in total. The van der Waals surface area contributed by atoms with Gasteiger partial charge in [0, 0.05) is 20.1 Å². The van der Waals surface area contributed by atoms with Gasteiger partial charge in [-0.2, -0.15) is 10.2 Å². The molecule has 20 heavy (non-hydrogen) atoms. The molecule has 110 valence electrons. The van der Waals surface area contributed by atoms with E-state index in [9.17, 15) is 0 Å². The Balaban J connectivity index is 2.17. The van der Waals surface area contributed by atoms with E-state index in [1.54, 1.807) is 10.9 Å². The maximum atomic E-state index is 5.95. The van der Waals surface area contributed by atoms with Crippen LogP contribution in [0.1, 0.15) is 31.5 Å². The van der Waals surface area contributed by atoms with E-state index in [4.69, 9.17) is 4.74 Å². The van der Waals surface area contributed by atoms with E-state index in [-0.39, 0.29) is 0 Å². The van der Waals surface area contributed by atoms with Gasteiger partial charge in [0.1, 0.15) is 0 Å². The molecular formula is C14H23N5O. The molecule has 2 rings (SSSR count). The Hall–Kier alpha value is -1.82. The lowest BCUT2D eigenvalue weighted by atomic mass is 10.2. The van der Waals surface area contributed by atoms with Crippen molar-refractivity contribution in [1.82, 2.24) is 24.9 Å². The smallest absolute Gasteiger partial charge is 0.222 e. The Morgan fingerprint density at radius 3 is 2.80 bits per heavy atom. The highest BCUT2D eigenvalue weighted by molar-refractivity contribution is 5.34. The number of aryl methyl sites for hydroxylation is 3. The third kappa shape index (κ3) is 3.19. The van der Waals surface area contributed by atoms with Crippen LogP contribution in [0.15, 0.2) is 12.4 Å². The summed E-state index contributed by atoms with van der Waals surface area (Å²) in [6, 6.07) is 0. The summed E-state index contributed by atoms with van der Waals surface area (Å²) >= 11 is 0. The van der Waals surface area contributed by atoms with Gasteiger partial charge in [-0.25, -0.2) is 4.68 Å². The molecule has 0 spiro atoms. The third-order valence-corrected chi connectivity index (χ3v) is 3.17. The van der Waals surface area contributed by atoms with E-state index in [1.165, 1.54) is 0 Å². The lowest BCUT2D eigenvalue weighted by Crippen LogP contribution is -2.14. The Bertz CT molecular complexity index is 558. The summed E-state index contributed by atoms with van der Waals surface area (Å²) in [5.74, 6) is 1.52. The minimum atomic E-state index is 0.742. The van der Waals surface area contributed by atoms with Gasteiger partial charge in [-0.05, 0) is 26.8 Å². The molecule has 0 saturated carbocycles. The molecule has 0 aliphatic heterocycles. The first kappa shape index (κ1) is 14.6. The van der Waals surface area contributed by atoms with Crippen molar-refractivity contribution in [1.29, 1.82) is 0 Å². The fourth-order valence-corrected chi connectivity index (χ4v) is 2.08. The fourth-order valence-electron chi connectivity index (χ4n) is 2.08. The van der Waals surface area contributed by atoms with Crippen LogP contribution in [0.3, 0.4) is 0 Å². The molecule has 0 radical (unpaired) electrons. The molecule has 6 nitrogen and oxygen atoms in total. The molecule has 0 atom stereocenters. The quantitative estimate of drug-likeness (QED) is 0.789. The van der Waals surface area contributed by atoms with E-state index in [0.29, 0.717) is 0 Å².